The zero-order chi connectivity index (χ0) is 41.1. The molecule has 9 rings (SSSR count). The number of imide groups is 2. The molecule has 17 heteroatoms. The topological polar surface area (TPSA) is 181 Å². The number of carbonyl (C=O) groups excluding carboxylic acids is 5. The molecule has 2 N–H and O–H groups in total. The molecule has 0 bridgehead atoms. The smallest absolute Gasteiger partial charge is 0.271 e. The van der Waals surface area contributed by atoms with Crippen molar-refractivity contribution in [3.05, 3.63) is 75.9 Å². The van der Waals surface area contributed by atoms with Crippen molar-refractivity contribution < 1.29 is 33.1 Å². The minimum Gasteiger partial charge on any atom is -0.490 e. The van der Waals surface area contributed by atoms with Crippen LogP contribution in [0.5, 0.6) is 5.75 Å². The van der Waals surface area contributed by atoms with Crippen molar-refractivity contribution in [2.45, 2.75) is 69.7 Å². The molecule has 15 nitrogen and oxygen atoms in total. The number of rotatable bonds is 9. The average Bonchev–Trinajstić information content (AvgIpc) is 3.53. The highest BCUT2D eigenvalue weighted by atomic mass is 35.5. The van der Waals surface area contributed by atoms with Crippen molar-refractivity contribution in [2.24, 2.45) is 17.8 Å². The number of anilines is 2. The number of halogens is 2. The molecule has 2 aromatic carbocycles. The van der Waals surface area contributed by atoms with E-state index in [1.165, 1.54) is 12.3 Å². The Morgan fingerprint density at radius 1 is 0.966 bits per heavy atom. The van der Waals surface area contributed by atoms with Gasteiger partial charge in [-0.3, -0.25) is 39.1 Å². The molecule has 6 aliphatic rings. The number of hydrogen-bond donors (Lipinski definition) is 2. The molecule has 5 atom stereocenters. The highest BCUT2D eigenvalue weighted by Gasteiger charge is 2.57. The number of ether oxygens (including phenoxy) is 1. The van der Waals surface area contributed by atoms with E-state index >= 15 is 4.39 Å². The van der Waals surface area contributed by atoms with Crippen LogP contribution < -0.4 is 25.2 Å². The summed E-state index contributed by atoms with van der Waals surface area (Å²) in [6.45, 7) is 6.80. The number of carbonyl (C=O) groups is 5. The van der Waals surface area contributed by atoms with E-state index in [1.54, 1.807) is 24.4 Å². The van der Waals surface area contributed by atoms with E-state index in [2.05, 4.69) is 37.3 Å². The Hall–Kier alpha value is -5.66. The first-order valence-electron chi connectivity index (χ1n) is 20.2. The predicted octanol–water partition coefficient (Wildman–Crippen LogP) is 3.55. The molecular weight excluding hydrogens is 781 g/mol. The second-order valence-electron chi connectivity index (χ2n) is 16.6. The minimum absolute atomic E-state index is 0.00323. The molecule has 3 aromatic rings. The number of nitrogens with zero attached hydrogens (tertiary/aromatic N) is 7. The summed E-state index contributed by atoms with van der Waals surface area (Å²) < 4.78 is 21.6. The zero-order valence-corrected chi connectivity index (χ0v) is 33.2. The highest BCUT2D eigenvalue weighted by molar-refractivity contribution is 6.31. The second kappa shape index (κ2) is 15.5. The lowest BCUT2D eigenvalue weighted by Gasteiger charge is -2.40. The Balaban J connectivity index is 0.725. The number of amides is 5. The lowest BCUT2D eigenvalue weighted by Crippen LogP contribution is -2.54. The molecule has 5 fully saturated rings. The molecule has 306 valence electrons. The molecule has 5 heterocycles. The molecule has 2 unspecified atom stereocenters. The molecule has 2 aliphatic carbocycles. The summed E-state index contributed by atoms with van der Waals surface area (Å²) in [5.41, 5.74) is 0.984. The molecule has 0 radical (unpaired) electrons. The first-order valence-corrected chi connectivity index (χ1v) is 20.6. The summed E-state index contributed by atoms with van der Waals surface area (Å²) >= 11 is 6.14. The molecule has 59 heavy (non-hydrogen) atoms. The van der Waals surface area contributed by atoms with Crippen LogP contribution in [-0.4, -0.2) is 113 Å². The fraction of sp³-hybridized carbons (Fsp3) is 0.476. The van der Waals surface area contributed by atoms with Crippen LogP contribution in [0.3, 0.4) is 0 Å². The normalized spacial score (nSPS) is 27.9. The summed E-state index contributed by atoms with van der Waals surface area (Å²) in [7, 11) is 0. The van der Waals surface area contributed by atoms with E-state index in [-0.39, 0.29) is 59.4 Å². The maximum atomic E-state index is 15.5. The van der Waals surface area contributed by atoms with Crippen LogP contribution in [0.4, 0.5) is 15.9 Å². The Bertz CT molecular complexity index is 2270. The van der Waals surface area contributed by atoms with Crippen LogP contribution in [0.2, 0.25) is 5.02 Å². The maximum Gasteiger partial charge on any atom is 0.271 e. The Kier molecular flexibility index (Phi) is 10.2. The standard InChI is InChI=1S/C42H43ClFN9O6/c1-22-18-51(37-17-46-34(16-47-37)39(55)48-24-3-6-25(7-4-24)59-26-5-2-23(15-45)32(43)12-26)11-10-50(22)19-29-30-20-52(21-31(29)30)36-14-28-27(13-33(36)44)41(57)53(42(28)58)35-8-9-38(54)49-40(35)56/h2,5,12-14,16-17,22,24-25,29-31,35H,3-4,6-11,18-21H2,1H3,(H,48,55)(H,49,54,56)/t22-,24?,25?,29?,30-,31+,35?/m0/s1. The van der Waals surface area contributed by atoms with Crippen molar-refractivity contribution in [2.75, 3.05) is 49.1 Å². The third-order valence-electron chi connectivity index (χ3n) is 13.0. The number of piperazine rings is 1. The van der Waals surface area contributed by atoms with Gasteiger partial charge < -0.3 is 19.9 Å². The summed E-state index contributed by atoms with van der Waals surface area (Å²) in [6.07, 6.45) is 6.34. The number of benzene rings is 2. The largest absolute Gasteiger partial charge is 0.490 e. The van der Waals surface area contributed by atoms with Crippen LogP contribution in [0.15, 0.2) is 42.7 Å². The minimum atomic E-state index is -1.10. The summed E-state index contributed by atoms with van der Waals surface area (Å²) in [4.78, 5) is 80.1. The third-order valence-corrected chi connectivity index (χ3v) is 13.3. The van der Waals surface area contributed by atoms with Crippen molar-refractivity contribution >= 4 is 52.6 Å². The Morgan fingerprint density at radius 3 is 2.37 bits per heavy atom. The van der Waals surface area contributed by atoms with Crippen molar-refractivity contribution in [3.63, 3.8) is 0 Å². The van der Waals surface area contributed by atoms with Crippen LogP contribution in [0.25, 0.3) is 0 Å². The number of piperidine rings is 2. The molecule has 0 spiro atoms. The van der Waals surface area contributed by atoms with Gasteiger partial charge in [-0.25, -0.2) is 14.4 Å². The summed E-state index contributed by atoms with van der Waals surface area (Å²) in [6, 6.07) is 8.82. The summed E-state index contributed by atoms with van der Waals surface area (Å²) in [5.74, 6) is -0.724. The van der Waals surface area contributed by atoms with Gasteiger partial charge in [-0.05, 0) is 81.0 Å². The first kappa shape index (κ1) is 38.8. The molecule has 2 saturated carbocycles. The van der Waals surface area contributed by atoms with Crippen molar-refractivity contribution in [1.29, 1.82) is 5.26 Å². The number of nitriles is 1. The second-order valence-corrected chi connectivity index (χ2v) is 17.0. The van der Waals surface area contributed by atoms with Gasteiger partial charge in [-0.1, -0.05) is 11.6 Å². The van der Waals surface area contributed by atoms with Gasteiger partial charge in [0.25, 0.3) is 17.7 Å². The molecule has 4 aliphatic heterocycles. The Labute approximate surface area is 344 Å². The lowest BCUT2D eigenvalue weighted by atomic mass is 9.93. The fourth-order valence-electron chi connectivity index (χ4n) is 9.62. The first-order chi connectivity index (χ1) is 28.4. The fourth-order valence-corrected chi connectivity index (χ4v) is 9.83. The third kappa shape index (κ3) is 7.46. The Morgan fingerprint density at radius 2 is 1.71 bits per heavy atom. The van der Waals surface area contributed by atoms with Gasteiger partial charge in [0.2, 0.25) is 11.8 Å². The van der Waals surface area contributed by atoms with E-state index in [1.807, 2.05) is 11.0 Å². The van der Waals surface area contributed by atoms with Crippen LogP contribution in [-0.2, 0) is 9.59 Å². The predicted molar refractivity (Wildman–Crippen MR) is 211 cm³/mol. The van der Waals surface area contributed by atoms with Gasteiger partial charge in [0.15, 0.2) is 0 Å². The number of nitrogens with one attached hydrogen (secondary N) is 2. The van der Waals surface area contributed by atoms with Crippen LogP contribution >= 0.6 is 11.6 Å². The maximum absolute atomic E-state index is 15.5. The average molecular weight is 824 g/mol. The molecule has 3 saturated heterocycles. The van der Waals surface area contributed by atoms with Gasteiger partial charge in [0, 0.05) is 63.8 Å². The van der Waals surface area contributed by atoms with Crippen molar-refractivity contribution in [3.8, 4) is 11.8 Å². The van der Waals surface area contributed by atoms with E-state index in [4.69, 9.17) is 21.6 Å². The summed E-state index contributed by atoms with van der Waals surface area (Å²) in [5, 5.41) is 14.7. The molecular formula is C42H43ClFN9O6. The van der Waals surface area contributed by atoms with Crippen LogP contribution in [0.1, 0.15) is 82.2 Å². The quantitative estimate of drug-likeness (QED) is 0.300. The lowest BCUT2D eigenvalue weighted by molar-refractivity contribution is -0.136. The van der Waals surface area contributed by atoms with Gasteiger partial charge >= 0.3 is 0 Å². The van der Waals surface area contributed by atoms with E-state index in [0.717, 1.165) is 68.6 Å². The van der Waals surface area contributed by atoms with E-state index < -0.39 is 35.5 Å². The monoisotopic (exact) mass is 823 g/mol. The van der Waals surface area contributed by atoms with Gasteiger partial charge in [0.05, 0.1) is 45.9 Å². The molecule has 5 amide bonds. The van der Waals surface area contributed by atoms with E-state index in [0.29, 0.717) is 47.2 Å². The molecule has 1 aromatic heterocycles. The number of fused-ring (bicyclic) bond motifs is 2. The van der Waals surface area contributed by atoms with Gasteiger partial charge in [-0.2, -0.15) is 5.26 Å². The highest BCUT2D eigenvalue weighted by Crippen LogP contribution is 2.53. The SMILES string of the molecule is C[C@H]1CN(c2cnc(C(=O)NC3CCC(Oc4ccc(C#N)c(Cl)c4)CC3)cn2)CCN1CC1[C@H]2CN(c3cc4c(cc3F)C(=O)N(C3CCC(=O)NC3=O)C4=O)C[C@@H]12. The van der Waals surface area contributed by atoms with Crippen LogP contribution in [0, 0.1) is 34.9 Å². The van der Waals surface area contributed by atoms with E-state index in [9.17, 15) is 24.0 Å². The van der Waals surface area contributed by atoms with Crippen molar-refractivity contribution in [1.82, 2.24) is 30.4 Å². The number of aromatic nitrogens is 2. The van der Waals surface area contributed by atoms with Gasteiger partial charge in [-0.15, -0.1) is 0 Å². The zero-order valence-electron chi connectivity index (χ0n) is 32.4. The number of hydrogen-bond acceptors (Lipinski definition) is 12. The van der Waals surface area contributed by atoms with Gasteiger partial charge in [0.1, 0.15) is 35.2 Å².